The van der Waals surface area contributed by atoms with Crippen LogP contribution in [0, 0.1) is 6.92 Å². The number of benzene rings is 2. The predicted molar refractivity (Wildman–Crippen MR) is 137 cm³/mol. The minimum atomic E-state index is -0.138. The number of carbonyl (C=O) groups excluding carboxylic acids is 2. The topological polar surface area (TPSA) is 71.1 Å². The molecule has 3 aromatic rings. The molecule has 3 heterocycles. The Bertz CT molecular complexity index is 1200. The lowest BCUT2D eigenvalue weighted by molar-refractivity contribution is -0.117. The molecular formula is C27H29N3O4S. The van der Waals surface area contributed by atoms with Crippen molar-refractivity contribution < 1.29 is 19.1 Å². The zero-order valence-corrected chi connectivity index (χ0v) is 20.6. The summed E-state index contributed by atoms with van der Waals surface area (Å²) < 4.78 is 11.3. The number of amides is 2. The summed E-state index contributed by atoms with van der Waals surface area (Å²) in [5, 5.41) is 3.68. The molecule has 0 spiro atoms. The van der Waals surface area contributed by atoms with Gasteiger partial charge in [0.25, 0.3) is 5.91 Å². The number of rotatable bonds is 5. The van der Waals surface area contributed by atoms with E-state index in [1.807, 2.05) is 66.4 Å². The van der Waals surface area contributed by atoms with E-state index in [1.54, 1.807) is 0 Å². The normalized spacial score (nSPS) is 16.2. The van der Waals surface area contributed by atoms with Crippen molar-refractivity contribution in [3.8, 4) is 16.2 Å². The van der Waals surface area contributed by atoms with Crippen molar-refractivity contribution in [2.45, 2.75) is 13.5 Å². The third-order valence-electron chi connectivity index (χ3n) is 6.35. The maximum atomic E-state index is 13.5. The summed E-state index contributed by atoms with van der Waals surface area (Å²) in [6.07, 6.45) is 0. The highest BCUT2D eigenvalue weighted by molar-refractivity contribution is 7.20. The van der Waals surface area contributed by atoms with E-state index in [0.29, 0.717) is 56.6 Å². The Balaban J connectivity index is 1.39. The molecule has 0 atom stereocenters. The van der Waals surface area contributed by atoms with Gasteiger partial charge in [0, 0.05) is 36.6 Å². The van der Waals surface area contributed by atoms with Gasteiger partial charge in [-0.05, 0) is 24.1 Å². The van der Waals surface area contributed by atoms with E-state index < -0.39 is 0 Å². The van der Waals surface area contributed by atoms with E-state index in [9.17, 15) is 9.59 Å². The SMILES string of the molecule is Cc1c(-c2ccccc2)sc(NC(=O)CN2CCOc3ccccc3C2)c1C(=O)N1CCOCC1. The van der Waals surface area contributed by atoms with Gasteiger partial charge in [0.05, 0.1) is 25.3 Å². The second-order valence-corrected chi connectivity index (χ2v) is 9.77. The molecule has 1 aromatic heterocycles. The van der Waals surface area contributed by atoms with E-state index in [-0.39, 0.29) is 18.4 Å². The molecule has 1 saturated heterocycles. The molecular weight excluding hydrogens is 462 g/mol. The van der Waals surface area contributed by atoms with Crippen molar-refractivity contribution in [1.29, 1.82) is 0 Å². The highest BCUT2D eigenvalue weighted by Gasteiger charge is 2.28. The molecule has 35 heavy (non-hydrogen) atoms. The van der Waals surface area contributed by atoms with E-state index in [2.05, 4.69) is 10.2 Å². The van der Waals surface area contributed by atoms with Crippen molar-refractivity contribution in [2.75, 3.05) is 51.3 Å². The van der Waals surface area contributed by atoms with Gasteiger partial charge < -0.3 is 19.7 Å². The number of anilines is 1. The average Bonchev–Trinajstić information content (AvgIpc) is 3.06. The van der Waals surface area contributed by atoms with Crippen LogP contribution in [-0.4, -0.2) is 67.6 Å². The van der Waals surface area contributed by atoms with Gasteiger partial charge >= 0.3 is 0 Å². The van der Waals surface area contributed by atoms with E-state index >= 15 is 0 Å². The van der Waals surface area contributed by atoms with Gasteiger partial charge in [0.15, 0.2) is 0 Å². The molecule has 2 amide bonds. The first-order valence-electron chi connectivity index (χ1n) is 11.9. The van der Waals surface area contributed by atoms with Gasteiger partial charge in [0.1, 0.15) is 17.4 Å². The number of nitrogens with zero attached hydrogens (tertiary/aromatic N) is 2. The van der Waals surface area contributed by atoms with Crippen LogP contribution in [0.5, 0.6) is 5.75 Å². The first kappa shape index (κ1) is 23.5. The lowest BCUT2D eigenvalue weighted by Gasteiger charge is -2.27. The zero-order valence-electron chi connectivity index (χ0n) is 19.8. The number of hydrogen-bond donors (Lipinski definition) is 1. The molecule has 8 heteroatoms. The zero-order chi connectivity index (χ0) is 24.2. The number of fused-ring (bicyclic) bond motifs is 1. The quantitative estimate of drug-likeness (QED) is 0.584. The van der Waals surface area contributed by atoms with Crippen LogP contribution in [0.15, 0.2) is 54.6 Å². The largest absolute Gasteiger partial charge is 0.492 e. The molecule has 2 aromatic carbocycles. The minimum Gasteiger partial charge on any atom is -0.492 e. The van der Waals surface area contributed by atoms with Gasteiger partial charge in [-0.15, -0.1) is 11.3 Å². The lowest BCUT2D eigenvalue weighted by Crippen LogP contribution is -2.41. The number of ether oxygens (including phenoxy) is 2. The molecule has 2 aliphatic heterocycles. The standard InChI is InChI=1S/C27H29N3O4S/c1-19-24(27(32)30-12-14-33-15-13-30)26(35-25(19)20-7-3-2-4-8-20)28-23(31)18-29-11-16-34-22-10-6-5-9-21(22)17-29/h2-10H,11-18H2,1H3,(H,28,31). The van der Waals surface area contributed by atoms with E-state index in [4.69, 9.17) is 9.47 Å². The van der Waals surface area contributed by atoms with Gasteiger partial charge in [-0.2, -0.15) is 0 Å². The van der Waals surface area contributed by atoms with Gasteiger partial charge in [0.2, 0.25) is 5.91 Å². The molecule has 0 unspecified atom stereocenters. The molecule has 0 saturated carbocycles. The van der Waals surface area contributed by atoms with Gasteiger partial charge in [-0.3, -0.25) is 14.5 Å². The smallest absolute Gasteiger partial charge is 0.257 e. The molecule has 7 nitrogen and oxygen atoms in total. The fourth-order valence-corrected chi connectivity index (χ4v) is 5.75. The molecule has 0 aliphatic carbocycles. The van der Waals surface area contributed by atoms with Crippen molar-refractivity contribution in [3.05, 3.63) is 71.3 Å². The van der Waals surface area contributed by atoms with E-state index in [1.165, 1.54) is 11.3 Å². The fraction of sp³-hybridized carbons (Fsp3) is 0.333. The maximum Gasteiger partial charge on any atom is 0.257 e. The number of nitrogens with one attached hydrogen (secondary N) is 1. The summed E-state index contributed by atoms with van der Waals surface area (Å²) in [6, 6.07) is 17.9. The van der Waals surface area contributed by atoms with Crippen molar-refractivity contribution in [2.24, 2.45) is 0 Å². The summed E-state index contributed by atoms with van der Waals surface area (Å²) in [6.45, 7) is 6.17. The molecule has 1 fully saturated rings. The monoisotopic (exact) mass is 491 g/mol. The van der Waals surface area contributed by atoms with Gasteiger partial charge in [-0.1, -0.05) is 48.5 Å². The summed E-state index contributed by atoms with van der Waals surface area (Å²) in [4.78, 5) is 31.6. The number of hydrogen-bond acceptors (Lipinski definition) is 6. The Morgan fingerprint density at radius 2 is 1.71 bits per heavy atom. The number of morpholine rings is 1. The Morgan fingerprint density at radius 1 is 0.971 bits per heavy atom. The van der Waals surface area contributed by atoms with Crippen molar-refractivity contribution in [1.82, 2.24) is 9.80 Å². The van der Waals surface area contributed by atoms with Crippen LogP contribution >= 0.6 is 11.3 Å². The van der Waals surface area contributed by atoms with Crippen LogP contribution in [0.4, 0.5) is 5.00 Å². The molecule has 0 radical (unpaired) electrons. The van der Waals surface area contributed by atoms with Crippen LogP contribution in [0.2, 0.25) is 0 Å². The second-order valence-electron chi connectivity index (χ2n) is 8.75. The van der Waals surface area contributed by atoms with Crippen LogP contribution < -0.4 is 10.1 Å². The average molecular weight is 492 g/mol. The Labute approximate surface area is 209 Å². The molecule has 182 valence electrons. The summed E-state index contributed by atoms with van der Waals surface area (Å²) in [5.41, 5.74) is 3.57. The summed E-state index contributed by atoms with van der Waals surface area (Å²) >= 11 is 1.46. The molecule has 5 rings (SSSR count). The maximum absolute atomic E-state index is 13.5. The van der Waals surface area contributed by atoms with Crippen LogP contribution in [0.1, 0.15) is 21.5 Å². The highest BCUT2D eigenvalue weighted by Crippen LogP contribution is 2.40. The lowest BCUT2D eigenvalue weighted by atomic mass is 10.1. The highest BCUT2D eigenvalue weighted by atomic mass is 32.1. The first-order valence-corrected chi connectivity index (χ1v) is 12.7. The fourth-order valence-electron chi connectivity index (χ4n) is 4.53. The van der Waals surface area contributed by atoms with Crippen LogP contribution in [-0.2, 0) is 16.1 Å². The van der Waals surface area contributed by atoms with E-state index in [0.717, 1.165) is 27.3 Å². The third kappa shape index (κ3) is 5.24. The Hall–Kier alpha value is -3.20. The molecule has 0 bridgehead atoms. The summed E-state index contributed by atoms with van der Waals surface area (Å²) in [7, 11) is 0. The minimum absolute atomic E-state index is 0.0587. The Morgan fingerprint density at radius 3 is 2.51 bits per heavy atom. The van der Waals surface area contributed by atoms with Crippen molar-refractivity contribution >= 4 is 28.2 Å². The van der Waals surface area contributed by atoms with Gasteiger partial charge in [-0.25, -0.2) is 0 Å². The number of carbonyl (C=O) groups is 2. The number of thiophene rings is 1. The Kier molecular flexibility index (Phi) is 7.13. The summed E-state index contributed by atoms with van der Waals surface area (Å²) in [5.74, 6) is 0.674. The first-order chi connectivity index (χ1) is 17.1. The number of para-hydroxylation sites is 1. The van der Waals surface area contributed by atoms with Crippen LogP contribution in [0.3, 0.4) is 0 Å². The predicted octanol–water partition coefficient (Wildman–Crippen LogP) is 4.03. The second kappa shape index (κ2) is 10.6. The third-order valence-corrected chi connectivity index (χ3v) is 7.60. The van der Waals surface area contributed by atoms with Crippen molar-refractivity contribution in [3.63, 3.8) is 0 Å². The molecule has 2 aliphatic rings. The van der Waals surface area contributed by atoms with Crippen LogP contribution in [0.25, 0.3) is 10.4 Å². The molecule has 1 N–H and O–H groups in total.